The summed E-state index contributed by atoms with van der Waals surface area (Å²) in [7, 11) is 0. The number of hydrogen-bond acceptors (Lipinski definition) is 7. The van der Waals surface area contributed by atoms with Crippen LogP contribution >= 0.6 is 11.3 Å². The number of anilines is 1. The smallest absolute Gasteiger partial charge is 0.310 e. The molecule has 4 heterocycles. The van der Waals surface area contributed by atoms with Crippen molar-refractivity contribution in [2.24, 2.45) is 5.92 Å². The van der Waals surface area contributed by atoms with Crippen LogP contribution in [0.5, 0.6) is 0 Å². The largest absolute Gasteiger partial charge is 0.466 e. The molecule has 4 rings (SSSR count). The highest BCUT2D eigenvalue weighted by Crippen LogP contribution is 2.40. The van der Waals surface area contributed by atoms with Crippen molar-refractivity contribution in [3.05, 3.63) is 16.3 Å². The molecule has 2 aliphatic heterocycles. The zero-order chi connectivity index (χ0) is 20.5. The molecule has 158 valence electrons. The fraction of sp³-hybridized carbons (Fsp3) is 0.682. The van der Waals surface area contributed by atoms with Gasteiger partial charge in [0.2, 0.25) is 0 Å². The van der Waals surface area contributed by atoms with E-state index < -0.39 is 0 Å². The van der Waals surface area contributed by atoms with Gasteiger partial charge in [0.05, 0.1) is 17.9 Å². The van der Waals surface area contributed by atoms with Gasteiger partial charge in [0.15, 0.2) is 0 Å². The van der Waals surface area contributed by atoms with Crippen LogP contribution in [0.1, 0.15) is 62.7 Å². The van der Waals surface area contributed by atoms with E-state index in [1.807, 2.05) is 18.3 Å². The number of rotatable bonds is 5. The summed E-state index contributed by atoms with van der Waals surface area (Å²) in [5, 5.41) is 1.23. The minimum atomic E-state index is -0.0717. The van der Waals surface area contributed by atoms with Gasteiger partial charge < -0.3 is 9.64 Å². The molecule has 1 saturated heterocycles. The number of hydrogen-bond donors (Lipinski definition) is 0. The second-order valence-corrected chi connectivity index (χ2v) is 9.48. The predicted molar refractivity (Wildman–Crippen MR) is 118 cm³/mol. The first-order valence-electron chi connectivity index (χ1n) is 11.0. The van der Waals surface area contributed by atoms with Crippen molar-refractivity contribution in [3.8, 4) is 0 Å². The maximum Gasteiger partial charge on any atom is 0.310 e. The standard InChI is InChI=1S/C22H32N4O2S/c1-5-25-11-9-16-17(13-25)29-21-18(16)20(23-19(24-21)14(3)4)26-10-7-8-15(12-26)22(27)28-6-2/h14-15H,5-13H2,1-4H3. The number of carbonyl (C=O) groups is 1. The van der Waals surface area contributed by atoms with Crippen molar-refractivity contribution in [1.82, 2.24) is 14.9 Å². The fourth-order valence-corrected chi connectivity index (χ4v) is 5.69. The van der Waals surface area contributed by atoms with Gasteiger partial charge in [-0.2, -0.15) is 0 Å². The van der Waals surface area contributed by atoms with Gasteiger partial charge in [-0.15, -0.1) is 11.3 Å². The van der Waals surface area contributed by atoms with Gasteiger partial charge in [0.25, 0.3) is 0 Å². The van der Waals surface area contributed by atoms with Crippen molar-refractivity contribution in [2.45, 2.75) is 59.4 Å². The van der Waals surface area contributed by atoms with E-state index in [4.69, 9.17) is 14.7 Å². The molecular formula is C22H32N4O2S. The summed E-state index contributed by atoms with van der Waals surface area (Å²) < 4.78 is 5.31. The van der Waals surface area contributed by atoms with Gasteiger partial charge in [-0.3, -0.25) is 9.69 Å². The Labute approximate surface area is 177 Å². The van der Waals surface area contributed by atoms with Gasteiger partial charge in [0.1, 0.15) is 16.5 Å². The first-order chi connectivity index (χ1) is 14.0. The van der Waals surface area contributed by atoms with Gasteiger partial charge in [0, 0.05) is 37.0 Å². The Kier molecular flexibility index (Phi) is 6.06. The zero-order valence-electron chi connectivity index (χ0n) is 18.0. The summed E-state index contributed by atoms with van der Waals surface area (Å²) in [6.07, 6.45) is 2.94. The molecule has 1 unspecified atom stereocenters. The average molecular weight is 417 g/mol. The number of aromatic nitrogens is 2. The van der Waals surface area contributed by atoms with E-state index >= 15 is 0 Å². The Balaban J connectivity index is 1.76. The van der Waals surface area contributed by atoms with E-state index in [-0.39, 0.29) is 17.8 Å². The van der Waals surface area contributed by atoms with Gasteiger partial charge in [-0.1, -0.05) is 20.8 Å². The van der Waals surface area contributed by atoms with Crippen LogP contribution in [-0.4, -0.2) is 53.6 Å². The lowest BCUT2D eigenvalue weighted by molar-refractivity contribution is -0.148. The molecule has 0 saturated carbocycles. The monoisotopic (exact) mass is 416 g/mol. The van der Waals surface area contributed by atoms with Gasteiger partial charge in [-0.05, 0) is 38.3 Å². The lowest BCUT2D eigenvalue weighted by Crippen LogP contribution is -2.40. The van der Waals surface area contributed by atoms with Crippen LogP contribution in [0.15, 0.2) is 0 Å². The third kappa shape index (κ3) is 3.99. The van der Waals surface area contributed by atoms with E-state index in [9.17, 15) is 4.79 Å². The first-order valence-corrected chi connectivity index (χ1v) is 11.8. The Bertz CT molecular complexity index is 895. The predicted octanol–water partition coefficient (Wildman–Crippen LogP) is 3.97. The molecule has 1 atom stereocenters. The Morgan fingerprint density at radius 2 is 2.10 bits per heavy atom. The summed E-state index contributed by atoms with van der Waals surface area (Å²) in [4.78, 5) is 29.7. The number of ether oxygens (including phenoxy) is 1. The van der Waals surface area contributed by atoms with E-state index in [0.717, 1.165) is 61.9 Å². The van der Waals surface area contributed by atoms with Crippen LogP contribution < -0.4 is 4.90 Å². The summed E-state index contributed by atoms with van der Waals surface area (Å²) in [6.45, 7) is 13.6. The summed E-state index contributed by atoms with van der Waals surface area (Å²) in [6, 6.07) is 0. The maximum absolute atomic E-state index is 12.4. The number of esters is 1. The minimum absolute atomic E-state index is 0.0683. The van der Waals surface area contributed by atoms with Gasteiger partial charge >= 0.3 is 5.97 Å². The third-order valence-electron chi connectivity index (χ3n) is 6.08. The fourth-order valence-electron chi connectivity index (χ4n) is 4.42. The molecule has 2 aromatic rings. The average Bonchev–Trinajstić information content (AvgIpc) is 3.10. The van der Waals surface area contributed by atoms with Gasteiger partial charge in [-0.25, -0.2) is 9.97 Å². The van der Waals surface area contributed by atoms with Crippen LogP contribution in [0.3, 0.4) is 0 Å². The Morgan fingerprint density at radius 1 is 1.28 bits per heavy atom. The highest BCUT2D eigenvalue weighted by molar-refractivity contribution is 7.19. The van der Waals surface area contributed by atoms with Crippen LogP contribution in [0.25, 0.3) is 10.2 Å². The number of piperidine rings is 1. The topological polar surface area (TPSA) is 58.6 Å². The lowest BCUT2D eigenvalue weighted by atomic mass is 9.97. The molecule has 0 spiro atoms. The quantitative estimate of drug-likeness (QED) is 0.688. The molecule has 1 fully saturated rings. The van der Waals surface area contributed by atoms with Crippen LogP contribution in [0, 0.1) is 5.92 Å². The van der Waals surface area contributed by atoms with E-state index in [2.05, 4.69) is 30.6 Å². The first kappa shape index (κ1) is 20.5. The van der Waals surface area contributed by atoms with E-state index in [1.54, 1.807) is 0 Å². The zero-order valence-corrected chi connectivity index (χ0v) is 18.8. The minimum Gasteiger partial charge on any atom is -0.466 e. The molecule has 2 aromatic heterocycles. The number of fused-ring (bicyclic) bond motifs is 3. The Hall–Kier alpha value is -1.73. The summed E-state index contributed by atoms with van der Waals surface area (Å²) in [5.41, 5.74) is 1.43. The van der Waals surface area contributed by atoms with Crippen molar-refractivity contribution in [2.75, 3.05) is 37.7 Å². The molecule has 0 aromatic carbocycles. The molecule has 0 aliphatic carbocycles. The maximum atomic E-state index is 12.4. The number of nitrogens with zero attached hydrogens (tertiary/aromatic N) is 4. The van der Waals surface area contributed by atoms with Crippen molar-refractivity contribution < 1.29 is 9.53 Å². The molecule has 0 radical (unpaired) electrons. The molecule has 7 heteroatoms. The van der Waals surface area contributed by atoms with Crippen LogP contribution in [0.4, 0.5) is 5.82 Å². The van der Waals surface area contributed by atoms with Crippen LogP contribution in [0.2, 0.25) is 0 Å². The molecule has 0 amide bonds. The Morgan fingerprint density at radius 3 is 2.83 bits per heavy atom. The molecular weight excluding hydrogens is 384 g/mol. The lowest BCUT2D eigenvalue weighted by Gasteiger charge is -2.33. The van der Waals surface area contributed by atoms with Crippen LogP contribution in [-0.2, 0) is 22.5 Å². The summed E-state index contributed by atoms with van der Waals surface area (Å²) >= 11 is 1.83. The highest BCUT2D eigenvalue weighted by Gasteiger charge is 2.31. The summed E-state index contributed by atoms with van der Waals surface area (Å²) in [5.74, 6) is 2.07. The van der Waals surface area contributed by atoms with Crippen molar-refractivity contribution in [3.63, 3.8) is 0 Å². The second kappa shape index (κ2) is 8.56. The van der Waals surface area contributed by atoms with Crippen molar-refractivity contribution >= 4 is 33.3 Å². The third-order valence-corrected chi connectivity index (χ3v) is 7.19. The SMILES string of the molecule is CCOC(=O)C1CCCN(c2nc(C(C)C)nc3sc4c(c23)CCN(CC)C4)C1. The van der Waals surface area contributed by atoms with E-state index in [0.29, 0.717) is 13.2 Å². The second-order valence-electron chi connectivity index (χ2n) is 8.40. The normalized spacial score (nSPS) is 20.3. The molecule has 2 aliphatic rings. The van der Waals surface area contributed by atoms with Crippen molar-refractivity contribution in [1.29, 1.82) is 0 Å². The number of thiophene rings is 1. The highest BCUT2D eigenvalue weighted by atomic mass is 32.1. The number of likely N-dealkylation sites (N-methyl/N-ethyl adjacent to an activating group) is 1. The molecule has 6 nitrogen and oxygen atoms in total. The van der Waals surface area contributed by atoms with E-state index in [1.165, 1.54) is 15.8 Å². The molecule has 29 heavy (non-hydrogen) atoms. The molecule has 0 bridgehead atoms. The molecule has 0 N–H and O–H groups in total. The number of carbonyl (C=O) groups excluding carboxylic acids is 1.